The summed E-state index contributed by atoms with van der Waals surface area (Å²) in [6.07, 6.45) is -0.609. The van der Waals surface area contributed by atoms with Gasteiger partial charge in [0.2, 0.25) is 0 Å². The molecule has 0 saturated carbocycles. The van der Waals surface area contributed by atoms with Crippen LogP contribution in [0.3, 0.4) is 0 Å². The third-order valence-corrected chi connectivity index (χ3v) is 10.1. The fourth-order valence-corrected chi connectivity index (χ4v) is 7.79. The summed E-state index contributed by atoms with van der Waals surface area (Å²) in [6.45, 7) is 4.36. The first-order valence-electron chi connectivity index (χ1n) is 14.1. The summed E-state index contributed by atoms with van der Waals surface area (Å²) in [5, 5.41) is 0. The molecule has 3 aromatic rings. The van der Waals surface area contributed by atoms with Gasteiger partial charge in [0, 0.05) is 28.4 Å². The first-order chi connectivity index (χ1) is 20.8. The van der Waals surface area contributed by atoms with Crippen molar-refractivity contribution < 1.29 is 36.2 Å². The summed E-state index contributed by atoms with van der Waals surface area (Å²) in [4.78, 5) is 12.6. The van der Waals surface area contributed by atoms with Crippen molar-refractivity contribution in [1.29, 1.82) is 0 Å². The molecule has 4 rings (SSSR count). The molecule has 1 unspecified atom stereocenters. The molecular weight excluding hydrogens is 703 g/mol. The molecule has 1 heterocycles. The maximum Gasteiger partial charge on any atom is 0.376 e. The van der Waals surface area contributed by atoms with E-state index < -0.39 is 33.8 Å². The smallest absolute Gasteiger partial charge is 0.376 e. The molecule has 0 aromatic heterocycles. The lowest BCUT2D eigenvalue weighted by Crippen LogP contribution is -2.45. The maximum absolute atomic E-state index is 15.7. The fourth-order valence-electron chi connectivity index (χ4n) is 5.64. The van der Waals surface area contributed by atoms with Crippen LogP contribution < -0.4 is 13.8 Å². The van der Waals surface area contributed by atoms with Crippen LogP contribution in [0, 0.1) is 12.3 Å². The van der Waals surface area contributed by atoms with Crippen molar-refractivity contribution in [1.82, 2.24) is 0 Å². The molecule has 0 bridgehead atoms. The van der Waals surface area contributed by atoms with E-state index in [1.807, 2.05) is 19.1 Å². The van der Waals surface area contributed by atoms with Gasteiger partial charge in [-0.25, -0.2) is 13.2 Å². The van der Waals surface area contributed by atoms with Gasteiger partial charge in [-0.3, -0.25) is 4.31 Å². The van der Waals surface area contributed by atoms with E-state index in [2.05, 4.69) is 22.6 Å². The number of sulfonamides is 1. The number of aryl methyl sites for hydroxylation is 1. The minimum atomic E-state index is -4.26. The standard InChI is InChI=1S/C33H36F2INO6S/c1-6-43-31(38)33(34,35)20-32(3)21-37(44(39,40)26-14-7-22(2)8-15-26)29-16-13-25(42-5)19-27(29)30(28(32)17-18-36)23-9-11-24(41-4)12-10-23/h7-16,19H,6,17-18,20-21H2,1-5H3. The lowest BCUT2D eigenvalue weighted by molar-refractivity contribution is -0.175. The lowest BCUT2D eigenvalue weighted by atomic mass is 9.72. The molecule has 0 radical (unpaired) electrons. The Kier molecular flexibility index (Phi) is 10.3. The zero-order valence-electron chi connectivity index (χ0n) is 25.3. The average molecular weight is 740 g/mol. The number of hydrogen-bond donors (Lipinski definition) is 0. The predicted octanol–water partition coefficient (Wildman–Crippen LogP) is 7.44. The van der Waals surface area contributed by atoms with Gasteiger partial charge >= 0.3 is 11.9 Å². The van der Waals surface area contributed by atoms with Crippen LogP contribution in [-0.4, -0.2) is 52.1 Å². The summed E-state index contributed by atoms with van der Waals surface area (Å²) in [7, 11) is -1.21. The van der Waals surface area contributed by atoms with Crippen LogP contribution in [0.25, 0.3) is 5.57 Å². The van der Waals surface area contributed by atoms with E-state index in [-0.39, 0.29) is 18.0 Å². The van der Waals surface area contributed by atoms with Crippen molar-refractivity contribution in [3.8, 4) is 11.5 Å². The average Bonchev–Trinajstić information content (AvgIpc) is 3.10. The number of carbonyl (C=O) groups is 1. The Bertz CT molecular complexity index is 1640. The number of esters is 1. The summed E-state index contributed by atoms with van der Waals surface area (Å²) in [5.74, 6) is -4.46. The van der Waals surface area contributed by atoms with Gasteiger partial charge in [-0.2, -0.15) is 8.78 Å². The highest BCUT2D eigenvalue weighted by atomic mass is 127. The molecule has 0 amide bonds. The molecule has 0 N–H and O–H groups in total. The largest absolute Gasteiger partial charge is 0.497 e. The number of halogens is 3. The van der Waals surface area contributed by atoms with Crippen molar-refractivity contribution >= 4 is 49.8 Å². The molecule has 0 spiro atoms. The molecule has 1 aliphatic rings. The van der Waals surface area contributed by atoms with E-state index in [0.717, 1.165) is 5.56 Å². The Morgan fingerprint density at radius 3 is 2.18 bits per heavy atom. The van der Waals surface area contributed by atoms with E-state index in [0.29, 0.717) is 50.3 Å². The highest BCUT2D eigenvalue weighted by molar-refractivity contribution is 14.1. The molecule has 44 heavy (non-hydrogen) atoms. The number of ether oxygens (including phenoxy) is 3. The summed E-state index contributed by atoms with van der Waals surface area (Å²) in [6, 6.07) is 18.6. The van der Waals surface area contributed by atoms with Gasteiger partial charge in [0.05, 0.1) is 31.4 Å². The van der Waals surface area contributed by atoms with Crippen molar-refractivity contribution in [3.63, 3.8) is 0 Å². The number of anilines is 1. The second-order valence-corrected chi connectivity index (χ2v) is 13.8. The van der Waals surface area contributed by atoms with Crippen molar-refractivity contribution in [3.05, 3.63) is 89.0 Å². The van der Waals surface area contributed by atoms with Gasteiger partial charge < -0.3 is 14.2 Å². The first-order valence-corrected chi connectivity index (χ1v) is 17.0. The van der Waals surface area contributed by atoms with Crippen molar-refractivity contribution in [2.45, 2.75) is 44.4 Å². The third kappa shape index (κ3) is 6.73. The topological polar surface area (TPSA) is 82.1 Å². The van der Waals surface area contributed by atoms with Crippen LogP contribution in [0.1, 0.15) is 43.4 Å². The minimum Gasteiger partial charge on any atom is -0.497 e. The normalized spacial score (nSPS) is 17.1. The van der Waals surface area contributed by atoms with E-state index in [1.165, 1.54) is 30.5 Å². The van der Waals surface area contributed by atoms with Crippen molar-refractivity contribution in [2.75, 3.05) is 36.1 Å². The lowest BCUT2D eigenvalue weighted by Gasteiger charge is -2.38. The number of benzene rings is 3. The van der Waals surface area contributed by atoms with Crippen LogP contribution in [0.5, 0.6) is 11.5 Å². The van der Waals surface area contributed by atoms with Gasteiger partial charge in [0.15, 0.2) is 0 Å². The zero-order chi connectivity index (χ0) is 32.3. The van der Waals surface area contributed by atoms with Gasteiger partial charge in [0.1, 0.15) is 11.5 Å². The Morgan fingerprint density at radius 2 is 1.61 bits per heavy atom. The highest BCUT2D eigenvalue weighted by Crippen LogP contribution is 2.52. The Morgan fingerprint density at radius 1 is 1.00 bits per heavy atom. The van der Waals surface area contributed by atoms with Crippen LogP contribution in [-0.2, 0) is 19.6 Å². The van der Waals surface area contributed by atoms with E-state index >= 15 is 8.78 Å². The number of alkyl halides is 3. The quantitative estimate of drug-likeness (QED) is 0.116. The predicted molar refractivity (Wildman–Crippen MR) is 176 cm³/mol. The van der Waals surface area contributed by atoms with Crippen LogP contribution >= 0.6 is 22.6 Å². The first kappa shape index (κ1) is 33.7. The Balaban J connectivity index is 2.10. The number of fused-ring (bicyclic) bond motifs is 1. The molecule has 11 heteroatoms. The Labute approximate surface area is 271 Å². The number of carbonyl (C=O) groups excluding carboxylic acids is 1. The zero-order valence-corrected chi connectivity index (χ0v) is 28.3. The molecule has 3 aromatic carbocycles. The maximum atomic E-state index is 15.7. The molecule has 236 valence electrons. The summed E-state index contributed by atoms with van der Waals surface area (Å²) in [5.41, 5.74) is 2.05. The molecule has 0 fully saturated rings. The highest BCUT2D eigenvalue weighted by Gasteiger charge is 2.51. The summed E-state index contributed by atoms with van der Waals surface area (Å²) >= 11 is 2.18. The number of rotatable bonds is 11. The number of methoxy groups -OCH3 is 2. The van der Waals surface area contributed by atoms with Crippen LogP contribution in [0.2, 0.25) is 0 Å². The van der Waals surface area contributed by atoms with Gasteiger partial charge in [-0.1, -0.05) is 64.9 Å². The van der Waals surface area contributed by atoms with Gasteiger partial charge in [-0.15, -0.1) is 0 Å². The SMILES string of the molecule is CCOC(=O)C(F)(F)CC1(C)CN(S(=O)(=O)c2ccc(C)cc2)c2ccc(OC)cc2C(c2ccc(OC)cc2)=C1CCI. The third-order valence-electron chi connectivity index (χ3n) is 7.78. The number of hydrogen-bond acceptors (Lipinski definition) is 6. The van der Waals surface area contributed by atoms with E-state index in [4.69, 9.17) is 14.2 Å². The molecule has 7 nitrogen and oxygen atoms in total. The van der Waals surface area contributed by atoms with E-state index in [1.54, 1.807) is 56.5 Å². The van der Waals surface area contributed by atoms with Gasteiger partial charge in [-0.05, 0) is 73.9 Å². The van der Waals surface area contributed by atoms with Gasteiger partial charge in [0.25, 0.3) is 10.0 Å². The summed E-state index contributed by atoms with van der Waals surface area (Å²) < 4.78 is 77.8. The fraction of sp³-hybridized carbons (Fsp3) is 0.364. The van der Waals surface area contributed by atoms with E-state index in [9.17, 15) is 13.2 Å². The molecule has 1 aliphatic heterocycles. The molecule has 0 saturated heterocycles. The number of nitrogens with zero attached hydrogens (tertiary/aromatic N) is 1. The molecule has 0 aliphatic carbocycles. The monoisotopic (exact) mass is 739 g/mol. The van der Waals surface area contributed by atoms with Crippen molar-refractivity contribution in [2.24, 2.45) is 5.41 Å². The second kappa shape index (κ2) is 13.4. The molecule has 1 atom stereocenters. The van der Waals surface area contributed by atoms with Crippen LogP contribution in [0.4, 0.5) is 14.5 Å². The second-order valence-electron chi connectivity index (χ2n) is 10.9. The van der Waals surface area contributed by atoms with Crippen LogP contribution in [0.15, 0.2) is 77.2 Å². The molecular formula is C33H36F2INO6S. The minimum absolute atomic E-state index is 0.0210. The Hall–Kier alpha value is -3.19.